The highest BCUT2D eigenvalue weighted by Crippen LogP contribution is 2.35. The molecule has 3 rings (SSSR count). The molecule has 0 saturated carbocycles. The van der Waals surface area contributed by atoms with Crippen LogP contribution in [0.1, 0.15) is 18.4 Å². The molecule has 2 saturated heterocycles. The number of carbonyl (C=O) groups excluding carboxylic acids is 1. The molecule has 1 amide bonds. The van der Waals surface area contributed by atoms with E-state index >= 15 is 0 Å². The van der Waals surface area contributed by atoms with Crippen molar-refractivity contribution in [2.24, 2.45) is 5.92 Å². The van der Waals surface area contributed by atoms with Crippen molar-refractivity contribution >= 4 is 5.91 Å². The lowest BCUT2D eigenvalue weighted by molar-refractivity contribution is -0.123. The van der Waals surface area contributed by atoms with Gasteiger partial charge in [0, 0.05) is 38.7 Å². The normalized spacial score (nSPS) is 26.2. The number of fused-ring (bicyclic) bond motifs is 1. The Bertz CT molecular complexity index is 556. The van der Waals surface area contributed by atoms with Crippen LogP contribution in [-0.4, -0.2) is 57.4 Å². The van der Waals surface area contributed by atoms with Gasteiger partial charge in [0.1, 0.15) is 11.5 Å². The van der Waals surface area contributed by atoms with Crippen LogP contribution in [0.25, 0.3) is 0 Å². The number of methoxy groups -OCH3 is 2. The summed E-state index contributed by atoms with van der Waals surface area (Å²) in [5.41, 5.74) is 1.17. The molecule has 0 spiro atoms. The van der Waals surface area contributed by atoms with Crippen LogP contribution in [0.15, 0.2) is 18.2 Å². The van der Waals surface area contributed by atoms with Crippen LogP contribution in [0.3, 0.4) is 0 Å². The molecule has 1 aromatic rings. The molecule has 2 aliphatic heterocycles. The summed E-state index contributed by atoms with van der Waals surface area (Å²) in [7, 11) is 5.00. The second-order valence-corrected chi connectivity index (χ2v) is 6.58. The highest BCUT2D eigenvalue weighted by molar-refractivity contribution is 5.76. The van der Waals surface area contributed by atoms with Crippen LogP contribution >= 0.6 is 0 Å². The lowest BCUT2D eigenvalue weighted by Crippen LogP contribution is -2.28. The number of hydrogen-bond donors (Lipinski definition) is 1. The molecule has 0 bridgehead atoms. The van der Waals surface area contributed by atoms with E-state index < -0.39 is 0 Å². The molecule has 0 aromatic heterocycles. The van der Waals surface area contributed by atoms with Crippen molar-refractivity contribution in [3.8, 4) is 11.5 Å². The van der Waals surface area contributed by atoms with E-state index in [1.165, 1.54) is 5.56 Å². The summed E-state index contributed by atoms with van der Waals surface area (Å²) in [5.74, 6) is 2.20. The number of rotatable bonds is 6. The Kier molecular flexibility index (Phi) is 5.26. The first-order valence-electron chi connectivity index (χ1n) is 8.41. The largest absolute Gasteiger partial charge is 0.497 e. The molecule has 2 heterocycles. The molecule has 0 unspecified atom stereocenters. The third kappa shape index (κ3) is 3.82. The predicted molar refractivity (Wildman–Crippen MR) is 90.3 cm³/mol. The molecular formula is C18H26N2O4. The van der Waals surface area contributed by atoms with Gasteiger partial charge in [0.15, 0.2) is 0 Å². The van der Waals surface area contributed by atoms with Crippen molar-refractivity contribution in [3.63, 3.8) is 0 Å². The molecule has 132 valence electrons. The standard InChI is InChI=1S/C18H26N2O4/c1-19-18(21)8-16-6-13-10-20(11-17(13)24-16)9-12-4-14(22-2)7-15(5-12)23-3/h4-5,7,13,16-17H,6,8-11H2,1-3H3,(H,19,21)/t13-,16+,17+/m1/s1. The third-order valence-electron chi connectivity index (χ3n) is 4.90. The lowest BCUT2D eigenvalue weighted by Gasteiger charge is -2.19. The van der Waals surface area contributed by atoms with Gasteiger partial charge in [-0.2, -0.15) is 0 Å². The molecule has 6 heteroatoms. The maximum Gasteiger partial charge on any atom is 0.222 e. The second-order valence-electron chi connectivity index (χ2n) is 6.58. The molecule has 2 aliphatic rings. The van der Waals surface area contributed by atoms with E-state index in [-0.39, 0.29) is 18.1 Å². The van der Waals surface area contributed by atoms with Gasteiger partial charge in [0.25, 0.3) is 0 Å². The predicted octanol–water partition coefficient (Wildman–Crippen LogP) is 1.43. The van der Waals surface area contributed by atoms with Gasteiger partial charge in [0.05, 0.1) is 32.8 Å². The third-order valence-corrected chi connectivity index (χ3v) is 4.90. The van der Waals surface area contributed by atoms with Gasteiger partial charge in [-0.3, -0.25) is 9.69 Å². The number of benzene rings is 1. The molecule has 6 nitrogen and oxygen atoms in total. The molecular weight excluding hydrogens is 308 g/mol. The summed E-state index contributed by atoms with van der Waals surface area (Å²) in [6.45, 7) is 2.77. The Morgan fingerprint density at radius 2 is 1.96 bits per heavy atom. The SMILES string of the molecule is CNC(=O)C[C@@H]1C[C@@H]2CN(Cc3cc(OC)cc(OC)c3)C[C@@H]2O1. The summed E-state index contributed by atoms with van der Waals surface area (Å²) in [5, 5.41) is 2.67. The maximum atomic E-state index is 11.5. The van der Waals surface area contributed by atoms with Crippen molar-refractivity contribution in [1.82, 2.24) is 10.2 Å². The number of hydrogen-bond acceptors (Lipinski definition) is 5. The van der Waals surface area contributed by atoms with Crippen LogP contribution in [0, 0.1) is 5.92 Å². The van der Waals surface area contributed by atoms with E-state index in [2.05, 4.69) is 10.2 Å². The van der Waals surface area contributed by atoms with Crippen LogP contribution in [0.2, 0.25) is 0 Å². The molecule has 2 fully saturated rings. The van der Waals surface area contributed by atoms with Crippen molar-refractivity contribution in [3.05, 3.63) is 23.8 Å². The van der Waals surface area contributed by atoms with Gasteiger partial charge >= 0.3 is 0 Å². The fourth-order valence-electron chi connectivity index (χ4n) is 3.73. The first-order chi connectivity index (χ1) is 11.6. The Balaban J connectivity index is 1.56. The van der Waals surface area contributed by atoms with Gasteiger partial charge in [-0.05, 0) is 24.1 Å². The molecule has 0 radical (unpaired) electrons. The molecule has 1 N–H and O–H groups in total. The maximum absolute atomic E-state index is 11.5. The van der Waals surface area contributed by atoms with Crippen LogP contribution in [0.5, 0.6) is 11.5 Å². The first-order valence-corrected chi connectivity index (χ1v) is 8.41. The topological polar surface area (TPSA) is 60.0 Å². The van der Waals surface area contributed by atoms with E-state index in [0.29, 0.717) is 12.3 Å². The fraction of sp³-hybridized carbons (Fsp3) is 0.611. The van der Waals surface area contributed by atoms with Gasteiger partial charge in [-0.15, -0.1) is 0 Å². The van der Waals surface area contributed by atoms with Gasteiger partial charge < -0.3 is 19.5 Å². The zero-order chi connectivity index (χ0) is 17.1. The van der Waals surface area contributed by atoms with Crippen molar-refractivity contribution in [1.29, 1.82) is 0 Å². The monoisotopic (exact) mass is 334 g/mol. The number of ether oxygens (including phenoxy) is 3. The molecule has 3 atom stereocenters. The van der Waals surface area contributed by atoms with E-state index in [4.69, 9.17) is 14.2 Å². The van der Waals surface area contributed by atoms with Crippen LogP contribution in [-0.2, 0) is 16.1 Å². The quantitative estimate of drug-likeness (QED) is 0.853. The number of amides is 1. The molecule has 1 aromatic carbocycles. The molecule has 0 aliphatic carbocycles. The fourth-order valence-corrected chi connectivity index (χ4v) is 3.73. The zero-order valence-corrected chi connectivity index (χ0v) is 14.6. The Labute approximate surface area is 143 Å². The van der Waals surface area contributed by atoms with E-state index in [1.807, 2.05) is 18.2 Å². The first kappa shape index (κ1) is 17.0. The summed E-state index contributed by atoms with van der Waals surface area (Å²) < 4.78 is 16.7. The van der Waals surface area contributed by atoms with Crippen molar-refractivity contribution in [2.45, 2.75) is 31.6 Å². The van der Waals surface area contributed by atoms with Crippen molar-refractivity contribution < 1.29 is 19.0 Å². The Morgan fingerprint density at radius 1 is 1.25 bits per heavy atom. The van der Waals surface area contributed by atoms with Crippen LogP contribution in [0.4, 0.5) is 0 Å². The summed E-state index contributed by atoms with van der Waals surface area (Å²) in [6.07, 6.45) is 1.75. The number of carbonyl (C=O) groups is 1. The van der Waals surface area contributed by atoms with Gasteiger partial charge in [-0.1, -0.05) is 0 Å². The van der Waals surface area contributed by atoms with Gasteiger partial charge in [-0.25, -0.2) is 0 Å². The number of nitrogens with one attached hydrogen (secondary N) is 1. The number of nitrogens with zero attached hydrogens (tertiary/aromatic N) is 1. The summed E-state index contributed by atoms with van der Waals surface area (Å²) in [6, 6.07) is 5.98. The van der Waals surface area contributed by atoms with Crippen LogP contribution < -0.4 is 14.8 Å². The molecule has 24 heavy (non-hydrogen) atoms. The summed E-state index contributed by atoms with van der Waals surface area (Å²) >= 11 is 0. The highest BCUT2D eigenvalue weighted by atomic mass is 16.5. The highest BCUT2D eigenvalue weighted by Gasteiger charge is 2.42. The average molecular weight is 334 g/mol. The summed E-state index contributed by atoms with van der Waals surface area (Å²) in [4.78, 5) is 13.9. The van der Waals surface area contributed by atoms with E-state index in [1.54, 1.807) is 21.3 Å². The number of likely N-dealkylation sites (tertiary alicyclic amines) is 1. The second kappa shape index (κ2) is 7.40. The minimum Gasteiger partial charge on any atom is -0.497 e. The van der Waals surface area contributed by atoms with Gasteiger partial charge in [0.2, 0.25) is 5.91 Å². The Hall–Kier alpha value is -1.79. The smallest absolute Gasteiger partial charge is 0.222 e. The minimum absolute atomic E-state index is 0.0558. The minimum atomic E-state index is 0.0558. The van der Waals surface area contributed by atoms with E-state index in [0.717, 1.165) is 37.6 Å². The van der Waals surface area contributed by atoms with E-state index in [9.17, 15) is 4.79 Å². The zero-order valence-electron chi connectivity index (χ0n) is 14.6. The van der Waals surface area contributed by atoms with Crippen molar-refractivity contribution in [2.75, 3.05) is 34.4 Å². The Morgan fingerprint density at radius 3 is 2.54 bits per heavy atom. The average Bonchev–Trinajstić information content (AvgIpc) is 3.11. The lowest BCUT2D eigenvalue weighted by atomic mass is 10.0.